The number of urea groups is 1. The molecular weight excluding hydrogens is 356 g/mol. The SMILES string of the molecule is COc1cccc(C(=O)N2CCN(C(=O)NCCCCN3CCCC3)CC2)c1. The molecule has 0 spiro atoms. The quantitative estimate of drug-likeness (QED) is 0.726. The second kappa shape index (κ2) is 10.3. The third-order valence-corrected chi connectivity index (χ3v) is 5.55. The average molecular weight is 389 g/mol. The maximum Gasteiger partial charge on any atom is 0.317 e. The summed E-state index contributed by atoms with van der Waals surface area (Å²) in [6.07, 6.45) is 4.78. The number of benzene rings is 1. The molecule has 1 aromatic carbocycles. The van der Waals surface area contributed by atoms with Crippen molar-refractivity contribution in [3.8, 4) is 5.75 Å². The number of ether oxygens (including phenoxy) is 1. The predicted octanol–water partition coefficient (Wildman–Crippen LogP) is 2.04. The van der Waals surface area contributed by atoms with Gasteiger partial charge in [0.15, 0.2) is 0 Å². The van der Waals surface area contributed by atoms with Gasteiger partial charge in [0.2, 0.25) is 0 Å². The Kier molecular flexibility index (Phi) is 7.54. The van der Waals surface area contributed by atoms with E-state index < -0.39 is 0 Å². The molecule has 3 amide bonds. The highest BCUT2D eigenvalue weighted by molar-refractivity contribution is 5.94. The molecule has 0 atom stereocenters. The first-order valence-corrected chi connectivity index (χ1v) is 10.4. The minimum absolute atomic E-state index is 0.0131. The molecule has 2 fully saturated rings. The van der Waals surface area contributed by atoms with E-state index in [2.05, 4.69) is 10.2 Å². The molecule has 0 bridgehead atoms. The number of methoxy groups -OCH3 is 1. The van der Waals surface area contributed by atoms with Crippen LogP contribution in [-0.4, -0.2) is 86.1 Å². The van der Waals surface area contributed by atoms with Gasteiger partial charge in [0, 0.05) is 38.3 Å². The summed E-state index contributed by atoms with van der Waals surface area (Å²) in [5, 5.41) is 3.02. The number of carbonyl (C=O) groups is 2. The van der Waals surface area contributed by atoms with E-state index in [1.165, 1.54) is 25.9 Å². The Morgan fingerprint density at radius 3 is 2.43 bits per heavy atom. The number of hydrogen-bond acceptors (Lipinski definition) is 4. The fourth-order valence-corrected chi connectivity index (χ4v) is 3.83. The molecule has 2 saturated heterocycles. The Labute approximate surface area is 167 Å². The van der Waals surface area contributed by atoms with Crippen molar-refractivity contribution in [2.24, 2.45) is 0 Å². The average Bonchev–Trinajstić information content (AvgIpc) is 3.26. The summed E-state index contributed by atoms with van der Waals surface area (Å²) >= 11 is 0. The zero-order chi connectivity index (χ0) is 19.8. The Bertz CT molecular complexity index is 653. The van der Waals surface area contributed by atoms with Gasteiger partial charge in [-0.15, -0.1) is 0 Å². The lowest BCUT2D eigenvalue weighted by Crippen LogP contribution is -2.53. The standard InChI is InChI=1S/C21H32N4O3/c1-28-19-8-6-7-18(17-19)20(26)24-13-15-25(16-14-24)21(27)22-9-2-3-10-23-11-4-5-12-23/h6-8,17H,2-5,9-16H2,1H3,(H,22,27). The van der Waals surface area contributed by atoms with Gasteiger partial charge in [-0.2, -0.15) is 0 Å². The van der Waals surface area contributed by atoms with Crippen molar-refractivity contribution >= 4 is 11.9 Å². The highest BCUT2D eigenvalue weighted by Gasteiger charge is 2.24. The minimum Gasteiger partial charge on any atom is -0.497 e. The minimum atomic E-state index is -0.0188. The summed E-state index contributed by atoms with van der Waals surface area (Å²) in [4.78, 5) is 31.1. The van der Waals surface area contributed by atoms with Crippen LogP contribution in [-0.2, 0) is 0 Å². The monoisotopic (exact) mass is 388 g/mol. The van der Waals surface area contributed by atoms with Gasteiger partial charge in [-0.3, -0.25) is 4.79 Å². The van der Waals surface area contributed by atoms with Crippen molar-refractivity contribution in [2.75, 3.05) is 59.5 Å². The summed E-state index contributed by atoms with van der Waals surface area (Å²) < 4.78 is 5.19. The highest BCUT2D eigenvalue weighted by Crippen LogP contribution is 2.15. The molecule has 1 N–H and O–H groups in total. The molecule has 7 nitrogen and oxygen atoms in total. The predicted molar refractivity (Wildman–Crippen MR) is 109 cm³/mol. The van der Waals surface area contributed by atoms with Crippen LogP contribution >= 0.6 is 0 Å². The first-order chi connectivity index (χ1) is 13.7. The van der Waals surface area contributed by atoms with Crippen LogP contribution in [0.15, 0.2) is 24.3 Å². The third-order valence-electron chi connectivity index (χ3n) is 5.55. The molecule has 0 aliphatic carbocycles. The smallest absolute Gasteiger partial charge is 0.317 e. The van der Waals surface area contributed by atoms with Crippen molar-refractivity contribution in [2.45, 2.75) is 25.7 Å². The fraction of sp³-hybridized carbons (Fsp3) is 0.619. The van der Waals surface area contributed by atoms with E-state index in [1.54, 1.807) is 29.0 Å². The van der Waals surface area contributed by atoms with E-state index in [4.69, 9.17) is 4.74 Å². The van der Waals surface area contributed by atoms with E-state index >= 15 is 0 Å². The topological polar surface area (TPSA) is 65.1 Å². The molecule has 7 heteroatoms. The number of hydrogen-bond donors (Lipinski definition) is 1. The summed E-state index contributed by atoms with van der Waals surface area (Å²) in [5.74, 6) is 0.662. The number of piperazine rings is 1. The number of carbonyl (C=O) groups excluding carboxylic acids is 2. The normalized spacial score (nSPS) is 17.6. The van der Waals surface area contributed by atoms with E-state index in [0.717, 1.165) is 25.9 Å². The van der Waals surface area contributed by atoms with Gasteiger partial charge in [-0.05, 0) is 63.5 Å². The van der Waals surface area contributed by atoms with Crippen molar-refractivity contribution < 1.29 is 14.3 Å². The summed E-state index contributed by atoms with van der Waals surface area (Å²) in [6, 6.07) is 7.17. The van der Waals surface area contributed by atoms with Gasteiger partial charge in [0.1, 0.15) is 5.75 Å². The van der Waals surface area contributed by atoms with Crippen LogP contribution in [0.2, 0.25) is 0 Å². The summed E-state index contributed by atoms with van der Waals surface area (Å²) in [6.45, 7) is 6.55. The molecule has 28 heavy (non-hydrogen) atoms. The van der Waals surface area contributed by atoms with Crippen LogP contribution in [0.4, 0.5) is 4.79 Å². The zero-order valence-corrected chi connectivity index (χ0v) is 16.9. The first-order valence-electron chi connectivity index (χ1n) is 10.4. The molecule has 2 aliphatic rings. The second-order valence-electron chi connectivity index (χ2n) is 7.50. The molecule has 3 rings (SSSR count). The van der Waals surface area contributed by atoms with Crippen LogP contribution in [0.1, 0.15) is 36.0 Å². The number of likely N-dealkylation sites (tertiary alicyclic amines) is 1. The lowest BCUT2D eigenvalue weighted by Gasteiger charge is -2.34. The molecule has 2 aliphatic heterocycles. The van der Waals surface area contributed by atoms with Crippen molar-refractivity contribution in [3.63, 3.8) is 0 Å². The molecule has 0 saturated carbocycles. The Hall–Kier alpha value is -2.28. The van der Waals surface area contributed by atoms with Crippen molar-refractivity contribution in [3.05, 3.63) is 29.8 Å². The van der Waals surface area contributed by atoms with Gasteiger partial charge in [-0.1, -0.05) is 6.07 Å². The van der Waals surface area contributed by atoms with E-state index in [0.29, 0.717) is 37.5 Å². The number of nitrogens with zero attached hydrogens (tertiary/aromatic N) is 3. The molecule has 0 aromatic heterocycles. The van der Waals surface area contributed by atoms with Gasteiger partial charge >= 0.3 is 6.03 Å². The molecule has 0 unspecified atom stereocenters. The van der Waals surface area contributed by atoms with Gasteiger partial charge < -0.3 is 24.8 Å². The highest BCUT2D eigenvalue weighted by atomic mass is 16.5. The molecule has 0 radical (unpaired) electrons. The maximum absolute atomic E-state index is 12.6. The van der Waals surface area contributed by atoms with Gasteiger partial charge in [-0.25, -0.2) is 4.79 Å². The third kappa shape index (κ3) is 5.61. The van der Waals surface area contributed by atoms with Gasteiger partial charge in [0.05, 0.1) is 7.11 Å². The van der Waals surface area contributed by atoms with E-state index in [1.807, 2.05) is 12.1 Å². The lowest BCUT2D eigenvalue weighted by atomic mass is 10.1. The van der Waals surface area contributed by atoms with Crippen molar-refractivity contribution in [1.29, 1.82) is 0 Å². The van der Waals surface area contributed by atoms with Crippen LogP contribution in [0, 0.1) is 0 Å². The number of rotatable bonds is 7. The summed E-state index contributed by atoms with van der Waals surface area (Å²) in [5.41, 5.74) is 0.621. The number of nitrogens with one attached hydrogen (secondary N) is 1. The van der Waals surface area contributed by atoms with Crippen LogP contribution in [0.3, 0.4) is 0 Å². The number of unbranched alkanes of at least 4 members (excludes halogenated alkanes) is 1. The van der Waals surface area contributed by atoms with E-state index in [-0.39, 0.29) is 11.9 Å². The molecule has 154 valence electrons. The first kappa shape index (κ1) is 20.5. The van der Waals surface area contributed by atoms with Gasteiger partial charge in [0.25, 0.3) is 5.91 Å². The Morgan fingerprint density at radius 1 is 1.00 bits per heavy atom. The van der Waals surface area contributed by atoms with Crippen LogP contribution in [0.25, 0.3) is 0 Å². The van der Waals surface area contributed by atoms with E-state index in [9.17, 15) is 9.59 Å². The molecule has 1 aromatic rings. The summed E-state index contributed by atoms with van der Waals surface area (Å²) in [7, 11) is 1.59. The second-order valence-corrected chi connectivity index (χ2v) is 7.50. The maximum atomic E-state index is 12.6. The van der Waals surface area contributed by atoms with Crippen molar-refractivity contribution in [1.82, 2.24) is 20.0 Å². The van der Waals surface area contributed by atoms with Crippen LogP contribution < -0.4 is 10.1 Å². The Balaban J connectivity index is 1.34. The largest absolute Gasteiger partial charge is 0.497 e. The Morgan fingerprint density at radius 2 is 1.71 bits per heavy atom. The van der Waals surface area contributed by atoms with Crippen LogP contribution in [0.5, 0.6) is 5.75 Å². The number of amides is 3. The lowest BCUT2D eigenvalue weighted by molar-refractivity contribution is 0.0664. The fourth-order valence-electron chi connectivity index (χ4n) is 3.83. The zero-order valence-electron chi connectivity index (χ0n) is 16.9. The molecule has 2 heterocycles. The molecular formula is C21H32N4O3.